The number of hydrogen-bond acceptors (Lipinski definition) is 7. The van der Waals surface area contributed by atoms with Crippen LogP contribution in [-0.4, -0.2) is 44.5 Å². The zero-order valence-corrected chi connectivity index (χ0v) is 18.5. The van der Waals surface area contributed by atoms with Crippen LogP contribution in [-0.2, 0) is 11.3 Å². The van der Waals surface area contributed by atoms with Crippen LogP contribution in [0.1, 0.15) is 18.2 Å². The van der Waals surface area contributed by atoms with Crippen molar-refractivity contribution in [1.82, 2.24) is 14.1 Å². The number of hydrogen-bond donors (Lipinski definition) is 2. The Bertz CT molecular complexity index is 1350. The smallest absolute Gasteiger partial charge is 0.333 e. The molecule has 0 radical (unpaired) electrons. The van der Waals surface area contributed by atoms with E-state index in [1.54, 1.807) is 25.3 Å². The quantitative estimate of drug-likeness (QED) is 0.307. The number of azide groups is 1. The second-order valence-corrected chi connectivity index (χ2v) is 8.16. The largest absolute Gasteiger partial charge is 0.394 e. The third kappa shape index (κ3) is 4.57. The van der Waals surface area contributed by atoms with Gasteiger partial charge in [0, 0.05) is 58.5 Å². The van der Waals surface area contributed by atoms with E-state index in [2.05, 4.69) is 20.3 Å². The number of aliphatic hydroxyl groups is 1. The zero-order chi connectivity index (χ0) is 23.5. The standard InChI is InChI=1S/C21H22ClN7O4/c1-12-10-29(19-9-17(26-27-23)18(11-30)33-19)21(32)28(20(12)31)7-6-25-15-4-5-24-16-8-13(22)2-3-14(15)16/h2-5,8,10,17-19,30H,6-7,9,11H2,1H3,(H,24,25)/t17-,18-,19+/m0/s1. The van der Waals surface area contributed by atoms with Gasteiger partial charge >= 0.3 is 5.69 Å². The van der Waals surface area contributed by atoms with Gasteiger partial charge in [0.25, 0.3) is 5.56 Å². The SMILES string of the molecule is Cc1cn([C@H]2C[C@H](N=[N+]=[N-])[C@H](CO)O2)c(=O)n(CCNc2ccnc3cc(Cl)ccc23)c1=O. The van der Waals surface area contributed by atoms with Crippen LogP contribution in [0.5, 0.6) is 0 Å². The van der Waals surface area contributed by atoms with Crippen LogP contribution >= 0.6 is 11.6 Å². The van der Waals surface area contributed by atoms with Gasteiger partial charge in [0.2, 0.25) is 0 Å². The number of nitrogens with zero attached hydrogens (tertiary/aromatic N) is 6. The third-order valence-electron chi connectivity index (χ3n) is 5.62. The van der Waals surface area contributed by atoms with Crippen LogP contribution in [0, 0.1) is 6.92 Å². The summed E-state index contributed by atoms with van der Waals surface area (Å²) in [6.45, 7) is 1.70. The van der Waals surface area contributed by atoms with Gasteiger partial charge in [0.1, 0.15) is 6.23 Å². The van der Waals surface area contributed by atoms with E-state index >= 15 is 0 Å². The average molecular weight is 472 g/mol. The lowest BCUT2D eigenvalue weighted by Crippen LogP contribution is -2.43. The molecule has 3 heterocycles. The Balaban J connectivity index is 1.57. The number of aromatic nitrogens is 3. The van der Waals surface area contributed by atoms with E-state index in [4.69, 9.17) is 21.9 Å². The molecule has 0 spiro atoms. The number of aliphatic hydroxyl groups excluding tert-OH is 1. The molecule has 1 fully saturated rings. The van der Waals surface area contributed by atoms with Gasteiger partial charge in [-0.25, -0.2) is 4.79 Å². The Morgan fingerprint density at radius 2 is 2.21 bits per heavy atom. The first kappa shape index (κ1) is 22.8. The van der Waals surface area contributed by atoms with Gasteiger partial charge in [-0.15, -0.1) is 0 Å². The van der Waals surface area contributed by atoms with Crippen LogP contribution in [0.25, 0.3) is 21.3 Å². The van der Waals surface area contributed by atoms with E-state index in [9.17, 15) is 14.7 Å². The first-order valence-corrected chi connectivity index (χ1v) is 10.7. The van der Waals surface area contributed by atoms with Crippen molar-refractivity contribution >= 4 is 28.2 Å². The minimum Gasteiger partial charge on any atom is -0.394 e. The fourth-order valence-corrected chi connectivity index (χ4v) is 4.14. The number of fused-ring (bicyclic) bond motifs is 1. The highest BCUT2D eigenvalue weighted by molar-refractivity contribution is 6.31. The molecule has 2 aromatic heterocycles. The van der Waals surface area contributed by atoms with Crippen LogP contribution in [0.4, 0.5) is 5.69 Å². The van der Waals surface area contributed by atoms with Gasteiger partial charge < -0.3 is 15.2 Å². The Morgan fingerprint density at radius 1 is 1.39 bits per heavy atom. The Morgan fingerprint density at radius 3 is 2.97 bits per heavy atom. The van der Waals surface area contributed by atoms with Crippen molar-refractivity contribution in [3.05, 3.63) is 78.5 Å². The number of anilines is 1. The molecule has 0 amide bonds. The lowest BCUT2D eigenvalue weighted by atomic mass is 10.1. The number of halogens is 1. The Hall–Kier alpha value is -3.37. The maximum atomic E-state index is 13.1. The summed E-state index contributed by atoms with van der Waals surface area (Å²) in [4.78, 5) is 32.9. The Kier molecular flexibility index (Phi) is 6.66. The van der Waals surface area contributed by atoms with Crippen molar-refractivity contribution in [1.29, 1.82) is 0 Å². The van der Waals surface area contributed by atoms with Crippen LogP contribution in [0.2, 0.25) is 5.02 Å². The lowest BCUT2D eigenvalue weighted by Gasteiger charge is -2.18. The first-order chi connectivity index (χ1) is 15.9. The number of nitrogens with one attached hydrogen (secondary N) is 1. The minimum absolute atomic E-state index is 0.118. The summed E-state index contributed by atoms with van der Waals surface area (Å²) in [5.74, 6) is 0. The second kappa shape index (κ2) is 9.63. The van der Waals surface area contributed by atoms with Gasteiger partial charge in [0.15, 0.2) is 0 Å². The maximum Gasteiger partial charge on any atom is 0.333 e. The monoisotopic (exact) mass is 471 g/mol. The predicted octanol–water partition coefficient (Wildman–Crippen LogP) is 2.59. The van der Waals surface area contributed by atoms with Crippen molar-refractivity contribution in [2.24, 2.45) is 5.11 Å². The molecule has 3 aromatic rings. The lowest BCUT2D eigenvalue weighted by molar-refractivity contribution is -0.0277. The molecular weight excluding hydrogens is 450 g/mol. The highest BCUT2D eigenvalue weighted by atomic mass is 35.5. The number of pyridine rings is 1. The maximum absolute atomic E-state index is 13.1. The number of ether oxygens (including phenoxy) is 1. The second-order valence-electron chi connectivity index (χ2n) is 7.73. The average Bonchev–Trinajstić information content (AvgIpc) is 3.21. The molecule has 0 bridgehead atoms. The molecule has 2 N–H and O–H groups in total. The summed E-state index contributed by atoms with van der Waals surface area (Å²) in [6.07, 6.45) is 1.84. The summed E-state index contributed by atoms with van der Waals surface area (Å²) in [6, 6.07) is 6.59. The topological polar surface area (TPSA) is 147 Å². The molecule has 4 rings (SSSR count). The van der Waals surface area contributed by atoms with E-state index in [-0.39, 0.29) is 19.6 Å². The molecule has 12 heteroatoms. The molecule has 0 saturated carbocycles. The molecule has 33 heavy (non-hydrogen) atoms. The molecule has 1 aliphatic rings. The predicted molar refractivity (Wildman–Crippen MR) is 123 cm³/mol. The molecule has 172 valence electrons. The molecule has 3 atom stereocenters. The van der Waals surface area contributed by atoms with Crippen molar-refractivity contribution in [2.75, 3.05) is 18.5 Å². The molecular formula is C21H22ClN7O4. The first-order valence-electron chi connectivity index (χ1n) is 10.3. The normalized spacial score (nSPS) is 20.0. The molecule has 1 aromatic carbocycles. The molecule has 1 saturated heterocycles. The summed E-state index contributed by atoms with van der Waals surface area (Å²) in [5.41, 5.74) is 9.71. The molecule has 1 aliphatic heterocycles. The van der Waals surface area contributed by atoms with Crippen molar-refractivity contribution in [2.45, 2.75) is 38.3 Å². The van der Waals surface area contributed by atoms with E-state index in [0.717, 1.165) is 21.2 Å². The van der Waals surface area contributed by atoms with Crippen LogP contribution in [0.3, 0.4) is 0 Å². The molecule has 0 unspecified atom stereocenters. The van der Waals surface area contributed by atoms with Crippen molar-refractivity contribution in [3.8, 4) is 0 Å². The Labute approximate surface area is 192 Å². The van der Waals surface area contributed by atoms with Crippen molar-refractivity contribution in [3.63, 3.8) is 0 Å². The molecule has 0 aliphatic carbocycles. The highest BCUT2D eigenvalue weighted by Crippen LogP contribution is 2.30. The third-order valence-corrected chi connectivity index (χ3v) is 5.85. The van der Waals surface area contributed by atoms with Gasteiger partial charge in [-0.2, -0.15) is 0 Å². The van der Waals surface area contributed by atoms with E-state index in [1.165, 1.54) is 10.8 Å². The van der Waals surface area contributed by atoms with Gasteiger partial charge in [-0.1, -0.05) is 16.7 Å². The highest BCUT2D eigenvalue weighted by Gasteiger charge is 2.36. The van der Waals surface area contributed by atoms with Crippen LogP contribution < -0.4 is 16.6 Å². The van der Waals surface area contributed by atoms with Gasteiger partial charge in [0.05, 0.1) is 24.3 Å². The zero-order valence-electron chi connectivity index (χ0n) is 17.8. The summed E-state index contributed by atoms with van der Waals surface area (Å²) < 4.78 is 8.18. The van der Waals surface area contributed by atoms with E-state index in [0.29, 0.717) is 17.1 Å². The van der Waals surface area contributed by atoms with E-state index in [1.807, 2.05) is 12.1 Å². The van der Waals surface area contributed by atoms with Gasteiger partial charge in [-0.3, -0.25) is 18.9 Å². The number of benzene rings is 1. The fourth-order valence-electron chi connectivity index (χ4n) is 3.98. The minimum atomic E-state index is -0.752. The summed E-state index contributed by atoms with van der Waals surface area (Å²) >= 11 is 6.04. The van der Waals surface area contributed by atoms with E-state index < -0.39 is 29.6 Å². The fraction of sp³-hybridized carbons (Fsp3) is 0.381. The summed E-state index contributed by atoms with van der Waals surface area (Å²) in [7, 11) is 0. The number of rotatable bonds is 7. The summed E-state index contributed by atoms with van der Waals surface area (Å²) in [5, 5.41) is 17.8. The molecule has 11 nitrogen and oxygen atoms in total. The van der Waals surface area contributed by atoms with Gasteiger partial charge in [-0.05, 0) is 36.7 Å². The van der Waals surface area contributed by atoms with Crippen molar-refractivity contribution < 1.29 is 9.84 Å². The number of aryl methyl sites for hydroxylation is 1. The van der Waals surface area contributed by atoms with Crippen LogP contribution in [0.15, 0.2) is 51.4 Å².